The highest BCUT2D eigenvalue weighted by atomic mass is 79.9. The zero-order valence-electron chi connectivity index (χ0n) is 9.77. The van der Waals surface area contributed by atoms with Gasteiger partial charge in [0.2, 0.25) is 0 Å². The maximum absolute atomic E-state index is 12.0. The van der Waals surface area contributed by atoms with E-state index in [4.69, 9.17) is 0 Å². The summed E-state index contributed by atoms with van der Waals surface area (Å²) in [5, 5.41) is 0. The fourth-order valence-corrected chi connectivity index (χ4v) is 1.70. The van der Waals surface area contributed by atoms with Crippen molar-refractivity contribution in [3.05, 3.63) is 34.3 Å². The summed E-state index contributed by atoms with van der Waals surface area (Å²) in [5.74, 6) is -0.436. The van der Waals surface area contributed by atoms with Gasteiger partial charge in [0.15, 0.2) is 0 Å². The molecule has 0 saturated heterocycles. The predicted octanol–water partition coefficient (Wildman–Crippen LogP) is 2.08. The lowest BCUT2D eigenvalue weighted by Crippen LogP contribution is -2.29. The highest BCUT2D eigenvalue weighted by Crippen LogP contribution is 2.13. The second-order valence-electron chi connectivity index (χ2n) is 3.56. The summed E-state index contributed by atoms with van der Waals surface area (Å²) >= 11 is 3.31. The Balaban J connectivity index is 2.61. The molecule has 0 aliphatic carbocycles. The number of benzene rings is 1. The molecule has 0 heterocycles. The SMILES string of the molecule is COC(=O)CCN(C)C(=O)c1cccc(Br)c1. The van der Waals surface area contributed by atoms with Gasteiger partial charge in [-0.2, -0.15) is 0 Å². The van der Waals surface area contributed by atoms with Crippen LogP contribution < -0.4 is 0 Å². The zero-order chi connectivity index (χ0) is 12.8. The Labute approximate surface area is 109 Å². The van der Waals surface area contributed by atoms with Gasteiger partial charge in [0, 0.05) is 23.6 Å². The van der Waals surface area contributed by atoms with Crippen molar-refractivity contribution >= 4 is 27.8 Å². The molecule has 0 aromatic heterocycles. The van der Waals surface area contributed by atoms with Gasteiger partial charge < -0.3 is 9.64 Å². The average molecular weight is 300 g/mol. The van der Waals surface area contributed by atoms with Gasteiger partial charge in [0.05, 0.1) is 13.5 Å². The maximum atomic E-state index is 12.0. The Hall–Kier alpha value is -1.36. The molecule has 0 saturated carbocycles. The van der Waals surface area contributed by atoms with Gasteiger partial charge in [-0.3, -0.25) is 9.59 Å². The van der Waals surface area contributed by atoms with Crippen LogP contribution in [0.15, 0.2) is 28.7 Å². The monoisotopic (exact) mass is 299 g/mol. The van der Waals surface area contributed by atoms with Crippen LogP contribution in [-0.4, -0.2) is 37.5 Å². The van der Waals surface area contributed by atoms with Crippen molar-refractivity contribution in [1.82, 2.24) is 4.90 Å². The molecule has 0 bridgehead atoms. The lowest BCUT2D eigenvalue weighted by Gasteiger charge is -2.16. The van der Waals surface area contributed by atoms with E-state index >= 15 is 0 Å². The first-order chi connectivity index (χ1) is 8.04. The minimum atomic E-state index is -0.320. The largest absolute Gasteiger partial charge is 0.469 e. The van der Waals surface area contributed by atoms with Crippen molar-refractivity contribution in [1.29, 1.82) is 0 Å². The van der Waals surface area contributed by atoms with E-state index in [9.17, 15) is 9.59 Å². The quantitative estimate of drug-likeness (QED) is 0.800. The summed E-state index contributed by atoms with van der Waals surface area (Å²) in [6.45, 7) is 0.345. The molecule has 0 aliphatic heterocycles. The van der Waals surface area contributed by atoms with Gasteiger partial charge in [0.25, 0.3) is 5.91 Å². The van der Waals surface area contributed by atoms with E-state index < -0.39 is 0 Å². The molecule has 5 heteroatoms. The Morgan fingerprint density at radius 2 is 2.12 bits per heavy atom. The van der Waals surface area contributed by atoms with Gasteiger partial charge in [0.1, 0.15) is 0 Å². The lowest BCUT2D eigenvalue weighted by atomic mass is 10.2. The second-order valence-corrected chi connectivity index (χ2v) is 4.48. The zero-order valence-corrected chi connectivity index (χ0v) is 11.4. The number of carbonyl (C=O) groups is 2. The first-order valence-corrected chi connectivity index (χ1v) is 5.91. The molecular formula is C12H14BrNO3. The molecule has 0 spiro atoms. The number of carbonyl (C=O) groups excluding carboxylic acids is 2. The van der Waals surface area contributed by atoms with E-state index in [1.807, 2.05) is 6.07 Å². The smallest absolute Gasteiger partial charge is 0.307 e. The summed E-state index contributed by atoms with van der Waals surface area (Å²) in [4.78, 5) is 24.4. The highest BCUT2D eigenvalue weighted by Gasteiger charge is 2.13. The van der Waals surface area contributed by atoms with Crippen LogP contribution in [0.3, 0.4) is 0 Å². The Morgan fingerprint density at radius 1 is 1.41 bits per heavy atom. The molecule has 1 rings (SSSR count). The van der Waals surface area contributed by atoms with Gasteiger partial charge in [-0.05, 0) is 18.2 Å². The van der Waals surface area contributed by atoms with Crippen molar-refractivity contribution in [2.75, 3.05) is 20.7 Å². The van der Waals surface area contributed by atoms with Crippen LogP contribution in [0.5, 0.6) is 0 Å². The third-order valence-electron chi connectivity index (χ3n) is 2.30. The maximum Gasteiger partial charge on any atom is 0.307 e. The molecule has 1 aromatic rings. The normalized spacial score (nSPS) is 9.82. The van der Waals surface area contributed by atoms with Crippen LogP contribution >= 0.6 is 15.9 Å². The molecule has 0 N–H and O–H groups in total. The third kappa shape index (κ3) is 4.19. The molecule has 0 fully saturated rings. The van der Waals surface area contributed by atoms with Gasteiger partial charge in [-0.15, -0.1) is 0 Å². The number of halogens is 1. The number of amides is 1. The van der Waals surface area contributed by atoms with E-state index in [-0.39, 0.29) is 18.3 Å². The number of esters is 1. The summed E-state index contributed by atoms with van der Waals surface area (Å²) in [6, 6.07) is 7.13. The average Bonchev–Trinajstić information content (AvgIpc) is 2.34. The number of methoxy groups -OCH3 is 1. The number of nitrogens with zero attached hydrogens (tertiary/aromatic N) is 1. The van der Waals surface area contributed by atoms with E-state index in [0.29, 0.717) is 12.1 Å². The van der Waals surface area contributed by atoms with Crippen LogP contribution in [0.25, 0.3) is 0 Å². The topological polar surface area (TPSA) is 46.6 Å². The number of ether oxygens (including phenoxy) is 1. The summed E-state index contributed by atoms with van der Waals surface area (Å²) in [5.41, 5.74) is 0.590. The van der Waals surface area contributed by atoms with Crippen molar-refractivity contribution < 1.29 is 14.3 Å². The Kier molecular flexibility index (Phi) is 5.15. The van der Waals surface area contributed by atoms with Crippen LogP contribution in [0.1, 0.15) is 16.8 Å². The summed E-state index contributed by atoms with van der Waals surface area (Å²) < 4.78 is 5.37. The highest BCUT2D eigenvalue weighted by molar-refractivity contribution is 9.10. The Bertz CT molecular complexity index is 420. The Morgan fingerprint density at radius 3 is 2.71 bits per heavy atom. The first kappa shape index (κ1) is 13.7. The number of rotatable bonds is 4. The van der Waals surface area contributed by atoms with Crippen LogP contribution in [0.2, 0.25) is 0 Å². The predicted molar refractivity (Wildman–Crippen MR) is 67.7 cm³/mol. The summed E-state index contributed by atoms with van der Waals surface area (Å²) in [6.07, 6.45) is 0.201. The van der Waals surface area contributed by atoms with Crippen molar-refractivity contribution in [3.8, 4) is 0 Å². The van der Waals surface area contributed by atoms with Gasteiger partial charge in [-0.1, -0.05) is 22.0 Å². The molecule has 0 unspecified atom stereocenters. The minimum Gasteiger partial charge on any atom is -0.469 e. The van der Waals surface area contributed by atoms with E-state index in [1.54, 1.807) is 25.2 Å². The second kappa shape index (κ2) is 6.39. The molecule has 0 atom stereocenters. The van der Waals surface area contributed by atoms with Crippen molar-refractivity contribution in [2.24, 2.45) is 0 Å². The minimum absolute atomic E-state index is 0.116. The standard InChI is InChI=1S/C12H14BrNO3/c1-14(7-6-11(15)17-2)12(16)9-4-3-5-10(13)8-9/h3-5,8H,6-7H2,1-2H3. The number of hydrogen-bond donors (Lipinski definition) is 0. The van der Waals surface area contributed by atoms with Crippen molar-refractivity contribution in [2.45, 2.75) is 6.42 Å². The van der Waals surface area contributed by atoms with Crippen LogP contribution in [0, 0.1) is 0 Å². The van der Waals surface area contributed by atoms with Crippen LogP contribution in [-0.2, 0) is 9.53 Å². The molecule has 1 amide bonds. The van der Waals surface area contributed by atoms with Gasteiger partial charge in [-0.25, -0.2) is 0 Å². The molecule has 0 radical (unpaired) electrons. The van der Waals surface area contributed by atoms with E-state index in [2.05, 4.69) is 20.7 Å². The molecule has 4 nitrogen and oxygen atoms in total. The van der Waals surface area contributed by atoms with E-state index in [0.717, 1.165) is 4.47 Å². The van der Waals surface area contributed by atoms with Gasteiger partial charge >= 0.3 is 5.97 Å². The summed E-state index contributed by atoms with van der Waals surface area (Å²) in [7, 11) is 2.99. The van der Waals surface area contributed by atoms with Crippen LogP contribution in [0.4, 0.5) is 0 Å². The first-order valence-electron chi connectivity index (χ1n) is 5.12. The molecule has 17 heavy (non-hydrogen) atoms. The fraction of sp³-hybridized carbons (Fsp3) is 0.333. The molecular weight excluding hydrogens is 286 g/mol. The molecule has 0 aliphatic rings. The van der Waals surface area contributed by atoms with Crippen molar-refractivity contribution in [3.63, 3.8) is 0 Å². The molecule has 1 aromatic carbocycles. The number of hydrogen-bond acceptors (Lipinski definition) is 3. The van der Waals surface area contributed by atoms with E-state index in [1.165, 1.54) is 12.0 Å². The fourth-order valence-electron chi connectivity index (χ4n) is 1.30. The lowest BCUT2D eigenvalue weighted by molar-refractivity contribution is -0.140. The third-order valence-corrected chi connectivity index (χ3v) is 2.79. The molecule has 92 valence electrons.